The van der Waals surface area contributed by atoms with Crippen LogP contribution in [0, 0.1) is 17.6 Å². The summed E-state index contributed by atoms with van der Waals surface area (Å²) in [5.74, 6) is -2.07. The summed E-state index contributed by atoms with van der Waals surface area (Å²) in [5, 5.41) is 0. The van der Waals surface area contributed by atoms with Crippen molar-refractivity contribution in [2.45, 2.75) is 18.7 Å². The van der Waals surface area contributed by atoms with E-state index in [1.54, 1.807) is 0 Å². The average molecular weight is 277 g/mol. The van der Waals surface area contributed by atoms with Gasteiger partial charge in [-0.25, -0.2) is 8.78 Å². The van der Waals surface area contributed by atoms with Gasteiger partial charge in [-0.15, -0.1) is 0 Å². The molecular weight excluding hydrogens is 266 g/mol. The molecule has 1 nitrogen and oxygen atoms in total. The van der Waals surface area contributed by atoms with E-state index in [0.717, 1.165) is 12.1 Å². The molecule has 0 saturated carbocycles. The van der Waals surface area contributed by atoms with Gasteiger partial charge in [0.2, 0.25) is 0 Å². The van der Waals surface area contributed by atoms with Crippen LogP contribution in [0.3, 0.4) is 0 Å². The predicted molar refractivity (Wildman–Crippen MR) is 58.2 cm³/mol. The van der Waals surface area contributed by atoms with Crippen LogP contribution >= 0.6 is 15.9 Å². The summed E-state index contributed by atoms with van der Waals surface area (Å²) in [6.45, 7) is 3.74. The molecule has 0 amide bonds. The molecule has 0 bridgehead atoms. The first kappa shape index (κ1) is 12.3. The van der Waals surface area contributed by atoms with Crippen molar-refractivity contribution in [1.29, 1.82) is 0 Å². The molecule has 0 N–H and O–H groups in total. The van der Waals surface area contributed by atoms with Crippen molar-refractivity contribution in [2.75, 3.05) is 0 Å². The molecule has 0 aliphatic rings. The SMILES string of the molecule is CC(C)C(Br)C(=O)c1ccc(F)c(F)c1. The number of Topliss-reactive ketones (excluding diaryl/α,β-unsaturated/α-hetero) is 1. The highest BCUT2D eigenvalue weighted by atomic mass is 79.9. The standard InChI is InChI=1S/C11H11BrF2O/c1-6(2)10(12)11(15)7-3-4-8(13)9(14)5-7/h3-6,10H,1-2H3. The van der Waals surface area contributed by atoms with Crippen molar-refractivity contribution >= 4 is 21.7 Å². The van der Waals surface area contributed by atoms with Crippen molar-refractivity contribution in [3.63, 3.8) is 0 Å². The molecule has 1 atom stereocenters. The Morgan fingerprint density at radius 1 is 1.27 bits per heavy atom. The molecule has 0 heterocycles. The van der Waals surface area contributed by atoms with Crippen LogP contribution in [0.2, 0.25) is 0 Å². The van der Waals surface area contributed by atoms with E-state index >= 15 is 0 Å². The van der Waals surface area contributed by atoms with Crippen molar-refractivity contribution in [3.05, 3.63) is 35.4 Å². The van der Waals surface area contributed by atoms with Gasteiger partial charge in [0, 0.05) is 5.56 Å². The maximum atomic E-state index is 12.9. The zero-order valence-corrected chi connectivity index (χ0v) is 10.0. The fourth-order valence-corrected chi connectivity index (χ4v) is 1.38. The lowest BCUT2D eigenvalue weighted by Gasteiger charge is -2.12. The first-order valence-electron chi connectivity index (χ1n) is 4.57. The van der Waals surface area contributed by atoms with E-state index in [-0.39, 0.29) is 22.1 Å². The van der Waals surface area contributed by atoms with Crippen LogP contribution in [0.25, 0.3) is 0 Å². The highest BCUT2D eigenvalue weighted by Gasteiger charge is 2.21. The molecule has 82 valence electrons. The lowest BCUT2D eigenvalue weighted by atomic mass is 10.0. The van der Waals surface area contributed by atoms with E-state index in [2.05, 4.69) is 15.9 Å². The van der Waals surface area contributed by atoms with Crippen molar-refractivity contribution in [1.82, 2.24) is 0 Å². The lowest BCUT2D eigenvalue weighted by Crippen LogP contribution is -2.20. The maximum absolute atomic E-state index is 12.9. The summed E-state index contributed by atoms with van der Waals surface area (Å²) in [7, 11) is 0. The summed E-state index contributed by atoms with van der Waals surface area (Å²) in [6.07, 6.45) is 0. The topological polar surface area (TPSA) is 17.1 Å². The summed E-state index contributed by atoms with van der Waals surface area (Å²) in [4.78, 5) is 11.3. The normalized spacial score (nSPS) is 12.9. The van der Waals surface area contributed by atoms with Crippen LogP contribution < -0.4 is 0 Å². The molecule has 15 heavy (non-hydrogen) atoms. The van der Waals surface area contributed by atoms with Crippen molar-refractivity contribution < 1.29 is 13.6 Å². The van der Waals surface area contributed by atoms with Crippen LogP contribution in [-0.2, 0) is 0 Å². The summed E-state index contributed by atoms with van der Waals surface area (Å²) < 4.78 is 25.5. The lowest BCUT2D eigenvalue weighted by molar-refractivity contribution is 0.0977. The van der Waals surface area contributed by atoms with Crippen LogP contribution in [0.15, 0.2) is 18.2 Å². The smallest absolute Gasteiger partial charge is 0.176 e. The Kier molecular flexibility index (Phi) is 3.97. The third kappa shape index (κ3) is 2.84. The molecule has 0 aliphatic carbocycles. The average Bonchev–Trinajstić information content (AvgIpc) is 2.19. The summed E-state index contributed by atoms with van der Waals surface area (Å²) in [6, 6.07) is 3.17. The molecule has 1 aromatic carbocycles. The van der Waals surface area contributed by atoms with Gasteiger partial charge in [0.15, 0.2) is 17.4 Å². The number of halogens is 3. The zero-order chi connectivity index (χ0) is 11.6. The Hall–Kier alpha value is -0.770. The van der Waals surface area contributed by atoms with Gasteiger partial charge in [-0.2, -0.15) is 0 Å². The first-order chi connectivity index (χ1) is 6.93. The minimum Gasteiger partial charge on any atom is -0.293 e. The number of carbonyl (C=O) groups excluding carboxylic acids is 1. The molecule has 1 unspecified atom stereocenters. The van der Waals surface area contributed by atoms with Crippen molar-refractivity contribution in [2.24, 2.45) is 5.92 Å². The molecule has 0 spiro atoms. The number of alkyl halides is 1. The Morgan fingerprint density at radius 2 is 1.87 bits per heavy atom. The monoisotopic (exact) mass is 276 g/mol. The van der Waals surface area contributed by atoms with Gasteiger partial charge in [0.05, 0.1) is 4.83 Å². The highest BCUT2D eigenvalue weighted by molar-refractivity contribution is 9.10. The largest absolute Gasteiger partial charge is 0.293 e. The molecule has 0 radical (unpaired) electrons. The fourth-order valence-electron chi connectivity index (χ4n) is 1.11. The van der Waals surface area contributed by atoms with Crippen LogP contribution in [-0.4, -0.2) is 10.6 Å². The second-order valence-electron chi connectivity index (χ2n) is 3.64. The predicted octanol–water partition coefficient (Wildman–Crippen LogP) is 3.57. The first-order valence-corrected chi connectivity index (χ1v) is 5.48. The van der Waals surface area contributed by atoms with Gasteiger partial charge >= 0.3 is 0 Å². The van der Waals surface area contributed by atoms with E-state index in [1.807, 2.05) is 13.8 Å². The third-order valence-corrected chi connectivity index (χ3v) is 3.51. The second-order valence-corrected chi connectivity index (χ2v) is 4.63. The van der Waals surface area contributed by atoms with E-state index in [1.165, 1.54) is 6.07 Å². The number of benzene rings is 1. The van der Waals surface area contributed by atoms with Gasteiger partial charge < -0.3 is 0 Å². The van der Waals surface area contributed by atoms with E-state index in [0.29, 0.717) is 0 Å². The summed E-state index contributed by atoms with van der Waals surface area (Å²) in [5.41, 5.74) is 0.185. The molecule has 1 aromatic rings. The van der Waals surface area contributed by atoms with E-state index < -0.39 is 11.6 Å². The van der Waals surface area contributed by atoms with Gasteiger partial charge in [0.1, 0.15) is 0 Å². The molecular formula is C11H11BrF2O. The van der Waals surface area contributed by atoms with Gasteiger partial charge in [-0.05, 0) is 24.1 Å². The van der Waals surface area contributed by atoms with Crippen molar-refractivity contribution in [3.8, 4) is 0 Å². The van der Waals surface area contributed by atoms with E-state index in [4.69, 9.17) is 0 Å². The third-order valence-electron chi connectivity index (χ3n) is 2.04. The van der Waals surface area contributed by atoms with Crippen LogP contribution in [0.5, 0.6) is 0 Å². The quantitative estimate of drug-likeness (QED) is 0.609. The number of ketones is 1. The number of rotatable bonds is 3. The number of hydrogen-bond acceptors (Lipinski definition) is 1. The minimum absolute atomic E-state index is 0.102. The maximum Gasteiger partial charge on any atom is 0.176 e. The fraction of sp³-hybridized carbons (Fsp3) is 0.364. The molecule has 1 rings (SSSR count). The Morgan fingerprint density at radius 3 is 2.33 bits per heavy atom. The number of carbonyl (C=O) groups is 1. The Labute approximate surface area is 95.6 Å². The molecule has 0 fully saturated rings. The second kappa shape index (κ2) is 4.84. The Balaban J connectivity index is 2.97. The Bertz CT molecular complexity index is 377. The molecule has 0 aliphatic heterocycles. The van der Waals surface area contributed by atoms with Crippen LogP contribution in [0.4, 0.5) is 8.78 Å². The van der Waals surface area contributed by atoms with Gasteiger partial charge in [-0.1, -0.05) is 29.8 Å². The summed E-state index contributed by atoms with van der Waals surface area (Å²) >= 11 is 3.22. The molecule has 0 saturated heterocycles. The van der Waals surface area contributed by atoms with E-state index in [9.17, 15) is 13.6 Å². The zero-order valence-electron chi connectivity index (χ0n) is 8.43. The van der Waals surface area contributed by atoms with Gasteiger partial charge in [0.25, 0.3) is 0 Å². The van der Waals surface area contributed by atoms with Gasteiger partial charge in [-0.3, -0.25) is 4.79 Å². The van der Waals surface area contributed by atoms with Crippen LogP contribution in [0.1, 0.15) is 24.2 Å². The number of hydrogen-bond donors (Lipinski definition) is 0. The molecule has 0 aromatic heterocycles. The molecule has 4 heteroatoms. The minimum atomic E-state index is -0.996. The highest BCUT2D eigenvalue weighted by Crippen LogP contribution is 2.19.